The minimum atomic E-state index is -0.358. The van der Waals surface area contributed by atoms with Crippen LogP contribution in [0.25, 0.3) is 22.3 Å². The highest BCUT2D eigenvalue weighted by Crippen LogP contribution is 2.36. The third-order valence-corrected chi connectivity index (χ3v) is 5.99. The molecule has 4 heterocycles. The smallest absolute Gasteiger partial charge is 0.227 e. The number of nitriles is 1. The average molecular weight is 456 g/mol. The number of benzene rings is 1. The van der Waals surface area contributed by atoms with Gasteiger partial charge in [0.1, 0.15) is 17.6 Å². The molecule has 0 radical (unpaired) electrons. The van der Waals surface area contributed by atoms with Crippen molar-refractivity contribution in [1.29, 1.82) is 5.26 Å². The summed E-state index contributed by atoms with van der Waals surface area (Å²) in [5, 5.41) is 21.8. The van der Waals surface area contributed by atoms with Gasteiger partial charge in [0.25, 0.3) is 0 Å². The van der Waals surface area contributed by atoms with Crippen LogP contribution < -0.4 is 15.0 Å². The fourth-order valence-electron chi connectivity index (χ4n) is 4.21. The predicted octanol–water partition coefficient (Wildman–Crippen LogP) is 3.71. The van der Waals surface area contributed by atoms with E-state index in [0.29, 0.717) is 24.8 Å². The van der Waals surface area contributed by atoms with Gasteiger partial charge in [-0.25, -0.2) is 15.0 Å². The SMILES string of the molecule is CCn1cnnc1-c1ccc(Nc2ncc3cc(C)nc(N4CC(C)(C#N)C4)c3n2)c(OC)c1. The molecule has 5 rings (SSSR count). The fourth-order valence-corrected chi connectivity index (χ4v) is 4.21. The van der Waals surface area contributed by atoms with Crippen LogP contribution in [-0.2, 0) is 6.54 Å². The van der Waals surface area contributed by atoms with Crippen molar-refractivity contribution in [3.8, 4) is 23.2 Å². The Balaban J connectivity index is 1.48. The summed E-state index contributed by atoms with van der Waals surface area (Å²) in [5.74, 6) is 2.63. The van der Waals surface area contributed by atoms with Crippen molar-refractivity contribution in [2.75, 3.05) is 30.4 Å². The highest BCUT2D eigenvalue weighted by atomic mass is 16.5. The van der Waals surface area contributed by atoms with Gasteiger partial charge in [-0.3, -0.25) is 0 Å². The number of rotatable bonds is 6. The summed E-state index contributed by atoms with van der Waals surface area (Å²) in [6.45, 7) is 7.98. The molecule has 0 saturated carbocycles. The van der Waals surface area contributed by atoms with Crippen LogP contribution in [0.3, 0.4) is 0 Å². The number of fused-ring (bicyclic) bond motifs is 1. The Morgan fingerprint density at radius 1 is 1.24 bits per heavy atom. The Kier molecular flexibility index (Phi) is 5.24. The van der Waals surface area contributed by atoms with Crippen LogP contribution in [-0.4, -0.2) is 49.9 Å². The second-order valence-corrected chi connectivity index (χ2v) is 8.73. The van der Waals surface area contributed by atoms with Gasteiger partial charge < -0.3 is 19.5 Å². The summed E-state index contributed by atoms with van der Waals surface area (Å²) in [7, 11) is 1.62. The van der Waals surface area contributed by atoms with Crippen molar-refractivity contribution in [3.05, 3.63) is 42.5 Å². The van der Waals surface area contributed by atoms with Crippen molar-refractivity contribution in [3.63, 3.8) is 0 Å². The first kappa shape index (κ1) is 21.6. The number of anilines is 3. The van der Waals surface area contributed by atoms with E-state index in [0.717, 1.165) is 46.0 Å². The molecule has 0 amide bonds. The van der Waals surface area contributed by atoms with Crippen LogP contribution in [0.15, 0.2) is 36.8 Å². The van der Waals surface area contributed by atoms with E-state index >= 15 is 0 Å². The lowest BCUT2D eigenvalue weighted by Gasteiger charge is -2.44. The molecular weight excluding hydrogens is 430 g/mol. The van der Waals surface area contributed by atoms with Gasteiger partial charge in [-0.05, 0) is 45.0 Å². The number of pyridine rings is 1. The van der Waals surface area contributed by atoms with Crippen molar-refractivity contribution < 1.29 is 4.74 Å². The highest BCUT2D eigenvalue weighted by molar-refractivity contribution is 5.90. The molecule has 1 aliphatic rings. The number of hydrogen-bond acceptors (Lipinski definition) is 9. The Morgan fingerprint density at radius 3 is 2.79 bits per heavy atom. The van der Waals surface area contributed by atoms with Crippen LogP contribution in [0, 0.1) is 23.7 Å². The van der Waals surface area contributed by atoms with Crippen molar-refractivity contribution in [2.24, 2.45) is 5.41 Å². The van der Waals surface area contributed by atoms with Gasteiger partial charge in [0, 0.05) is 42.5 Å². The van der Waals surface area contributed by atoms with Gasteiger partial charge in [-0.1, -0.05) is 0 Å². The molecule has 10 heteroatoms. The zero-order valence-corrected chi connectivity index (χ0v) is 19.6. The number of aryl methyl sites for hydroxylation is 2. The predicted molar refractivity (Wildman–Crippen MR) is 129 cm³/mol. The number of hydrogen-bond donors (Lipinski definition) is 1. The van der Waals surface area contributed by atoms with E-state index in [2.05, 4.69) is 31.5 Å². The normalized spacial score (nSPS) is 14.5. The Labute approximate surface area is 197 Å². The lowest BCUT2D eigenvalue weighted by Crippen LogP contribution is -2.54. The first-order chi connectivity index (χ1) is 16.4. The maximum absolute atomic E-state index is 9.39. The van der Waals surface area contributed by atoms with E-state index in [1.165, 1.54) is 0 Å². The number of nitrogens with zero attached hydrogens (tertiary/aromatic N) is 8. The quantitative estimate of drug-likeness (QED) is 0.464. The fraction of sp³-hybridized carbons (Fsp3) is 0.333. The van der Waals surface area contributed by atoms with E-state index < -0.39 is 0 Å². The van der Waals surface area contributed by atoms with Gasteiger partial charge in [-0.15, -0.1) is 10.2 Å². The molecule has 172 valence electrons. The number of aromatic nitrogens is 6. The molecule has 0 spiro atoms. The van der Waals surface area contributed by atoms with Crippen molar-refractivity contribution >= 4 is 28.4 Å². The van der Waals surface area contributed by atoms with Crippen LogP contribution in [0.2, 0.25) is 0 Å². The number of nitrogens with one attached hydrogen (secondary N) is 1. The maximum atomic E-state index is 9.39. The molecule has 1 saturated heterocycles. The Hall–Kier alpha value is -4.26. The van der Waals surface area contributed by atoms with E-state index in [1.807, 2.05) is 49.6 Å². The Morgan fingerprint density at radius 2 is 2.06 bits per heavy atom. The number of ether oxygens (including phenoxy) is 1. The Bertz CT molecular complexity index is 1420. The first-order valence-electron chi connectivity index (χ1n) is 11.1. The van der Waals surface area contributed by atoms with E-state index in [4.69, 9.17) is 14.7 Å². The lowest BCUT2D eigenvalue weighted by atomic mass is 9.83. The van der Waals surface area contributed by atoms with Gasteiger partial charge in [0.2, 0.25) is 5.95 Å². The summed E-state index contributed by atoms with van der Waals surface area (Å²) < 4.78 is 7.60. The largest absolute Gasteiger partial charge is 0.495 e. The molecule has 0 bridgehead atoms. The zero-order chi connectivity index (χ0) is 23.9. The highest BCUT2D eigenvalue weighted by Gasteiger charge is 2.40. The molecular formula is C24H25N9O. The van der Waals surface area contributed by atoms with Crippen LogP contribution >= 0.6 is 0 Å². The molecule has 10 nitrogen and oxygen atoms in total. The van der Waals surface area contributed by atoms with E-state index in [9.17, 15) is 5.26 Å². The maximum Gasteiger partial charge on any atom is 0.227 e. The lowest BCUT2D eigenvalue weighted by molar-refractivity contribution is 0.335. The summed E-state index contributed by atoms with van der Waals surface area (Å²) in [6, 6.07) is 10.1. The van der Waals surface area contributed by atoms with Crippen LogP contribution in [0.4, 0.5) is 17.5 Å². The number of methoxy groups -OCH3 is 1. The summed E-state index contributed by atoms with van der Waals surface area (Å²) >= 11 is 0. The van der Waals surface area contributed by atoms with Gasteiger partial charge in [0.15, 0.2) is 11.6 Å². The summed E-state index contributed by atoms with van der Waals surface area (Å²) in [4.78, 5) is 16.1. The molecule has 3 aromatic heterocycles. The van der Waals surface area contributed by atoms with Crippen LogP contribution in [0.1, 0.15) is 19.5 Å². The summed E-state index contributed by atoms with van der Waals surface area (Å²) in [6.07, 6.45) is 3.50. The second-order valence-electron chi connectivity index (χ2n) is 8.73. The topological polar surface area (TPSA) is 118 Å². The molecule has 1 aliphatic heterocycles. The average Bonchev–Trinajstić information content (AvgIpc) is 3.31. The van der Waals surface area contributed by atoms with Crippen LogP contribution in [0.5, 0.6) is 5.75 Å². The molecule has 0 aliphatic carbocycles. The van der Waals surface area contributed by atoms with Crippen molar-refractivity contribution in [1.82, 2.24) is 29.7 Å². The molecule has 0 atom stereocenters. The molecule has 1 fully saturated rings. The monoisotopic (exact) mass is 455 g/mol. The molecule has 1 aromatic carbocycles. The standard InChI is InChI=1S/C24H25N9O/c1-5-32-14-27-31-21(32)16-6-7-18(19(9-16)34-4)29-23-26-10-17-8-15(2)28-22(20(17)30-23)33-12-24(3,11-25)13-33/h6-10,14H,5,12-13H2,1-4H3,(H,26,29,30). The van der Waals surface area contributed by atoms with E-state index in [-0.39, 0.29) is 5.41 Å². The third kappa shape index (κ3) is 3.75. The van der Waals surface area contributed by atoms with Crippen molar-refractivity contribution in [2.45, 2.75) is 27.3 Å². The van der Waals surface area contributed by atoms with Gasteiger partial charge in [-0.2, -0.15) is 5.26 Å². The van der Waals surface area contributed by atoms with Gasteiger partial charge >= 0.3 is 0 Å². The minimum Gasteiger partial charge on any atom is -0.495 e. The summed E-state index contributed by atoms with van der Waals surface area (Å²) in [5.41, 5.74) is 2.91. The minimum absolute atomic E-state index is 0.358. The molecule has 0 unspecified atom stereocenters. The molecule has 4 aromatic rings. The van der Waals surface area contributed by atoms with E-state index in [1.54, 1.807) is 19.6 Å². The molecule has 34 heavy (non-hydrogen) atoms. The third-order valence-electron chi connectivity index (χ3n) is 5.99. The first-order valence-corrected chi connectivity index (χ1v) is 11.1. The second kappa shape index (κ2) is 8.26. The zero-order valence-electron chi connectivity index (χ0n) is 19.6. The van der Waals surface area contributed by atoms with Gasteiger partial charge in [0.05, 0.1) is 24.3 Å². The molecule has 1 N–H and O–H groups in total.